The lowest BCUT2D eigenvalue weighted by Crippen LogP contribution is -2.43. The van der Waals surface area contributed by atoms with E-state index in [0.717, 1.165) is 0 Å². The van der Waals surface area contributed by atoms with Gasteiger partial charge in [-0.2, -0.15) is 0 Å². The van der Waals surface area contributed by atoms with Crippen molar-refractivity contribution in [1.82, 2.24) is 4.90 Å². The second-order valence-electron chi connectivity index (χ2n) is 3.86. The Kier molecular flexibility index (Phi) is 11.0. The van der Waals surface area contributed by atoms with Gasteiger partial charge in [-0.3, -0.25) is 9.69 Å². The Labute approximate surface area is 110 Å². The third-order valence-electron chi connectivity index (χ3n) is 2.63. The summed E-state index contributed by atoms with van der Waals surface area (Å²) in [4.78, 5) is 13.7. The maximum absolute atomic E-state index is 11.7. The smallest absolute Gasteiger partial charge is 0.323 e. The van der Waals surface area contributed by atoms with E-state index in [1.165, 1.54) is 0 Å². The van der Waals surface area contributed by atoms with E-state index in [-0.39, 0.29) is 12.0 Å². The standard InChI is InChI=1S/C13H27NO4/c1-5-16-10-8-14(9-11-17-6-2)12(4)13(15)18-7-3/h12H,5-11H2,1-4H3. The average molecular weight is 261 g/mol. The first-order chi connectivity index (χ1) is 8.67. The largest absolute Gasteiger partial charge is 0.465 e. The second kappa shape index (κ2) is 11.4. The normalized spacial score (nSPS) is 12.7. The topological polar surface area (TPSA) is 48.0 Å². The van der Waals surface area contributed by atoms with Crippen LogP contribution in [0.2, 0.25) is 0 Å². The van der Waals surface area contributed by atoms with E-state index < -0.39 is 0 Å². The summed E-state index contributed by atoms with van der Waals surface area (Å²) in [5.41, 5.74) is 0. The van der Waals surface area contributed by atoms with Crippen molar-refractivity contribution in [3.63, 3.8) is 0 Å². The highest BCUT2D eigenvalue weighted by Gasteiger charge is 2.21. The van der Waals surface area contributed by atoms with E-state index in [1.54, 1.807) is 0 Å². The molecular weight excluding hydrogens is 234 g/mol. The highest BCUT2D eigenvalue weighted by atomic mass is 16.5. The molecule has 0 aliphatic rings. The van der Waals surface area contributed by atoms with Gasteiger partial charge >= 0.3 is 5.97 Å². The molecule has 0 saturated carbocycles. The van der Waals surface area contributed by atoms with E-state index in [4.69, 9.17) is 14.2 Å². The summed E-state index contributed by atoms with van der Waals surface area (Å²) in [5, 5.41) is 0. The van der Waals surface area contributed by atoms with Crippen molar-refractivity contribution in [2.45, 2.75) is 33.7 Å². The van der Waals surface area contributed by atoms with Gasteiger partial charge in [0.2, 0.25) is 0 Å². The third-order valence-corrected chi connectivity index (χ3v) is 2.63. The molecule has 0 N–H and O–H groups in total. The molecule has 5 nitrogen and oxygen atoms in total. The van der Waals surface area contributed by atoms with Crippen molar-refractivity contribution in [3.05, 3.63) is 0 Å². The van der Waals surface area contributed by atoms with Crippen LogP contribution < -0.4 is 0 Å². The van der Waals surface area contributed by atoms with Gasteiger partial charge in [0.05, 0.1) is 19.8 Å². The first-order valence-electron chi connectivity index (χ1n) is 6.73. The van der Waals surface area contributed by atoms with Gasteiger partial charge < -0.3 is 14.2 Å². The lowest BCUT2D eigenvalue weighted by molar-refractivity contribution is -0.149. The summed E-state index contributed by atoms with van der Waals surface area (Å²) in [6.45, 7) is 12.0. The van der Waals surface area contributed by atoms with Crippen LogP contribution in [0.3, 0.4) is 0 Å². The van der Waals surface area contributed by atoms with Crippen LogP contribution in [-0.2, 0) is 19.0 Å². The minimum atomic E-state index is -0.258. The van der Waals surface area contributed by atoms with Crippen molar-refractivity contribution in [3.8, 4) is 0 Å². The van der Waals surface area contributed by atoms with Gasteiger partial charge in [0, 0.05) is 26.3 Å². The van der Waals surface area contributed by atoms with E-state index >= 15 is 0 Å². The van der Waals surface area contributed by atoms with Crippen LogP contribution in [0.15, 0.2) is 0 Å². The third kappa shape index (κ3) is 7.63. The van der Waals surface area contributed by atoms with Gasteiger partial charge in [-0.1, -0.05) is 0 Å². The molecule has 5 heteroatoms. The zero-order chi connectivity index (χ0) is 13.8. The molecule has 1 unspecified atom stereocenters. The van der Waals surface area contributed by atoms with Gasteiger partial charge in [-0.25, -0.2) is 0 Å². The molecule has 0 aliphatic heterocycles. The van der Waals surface area contributed by atoms with E-state index in [1.807, 2.05) is 32.6 Å². The summed E-state index contributed by atoms with van der Waals surface area (Å²) < 4.78 is 15.7. The predicted molar refractivity (Wildman–Crippen MR) is 70.7 cm³/mol. The number of hydrogen-bond donors (Lipinski definition) is 0. The SMILES string of the molecule is CCOCCN(CCOCC)C(C)C(=O)OCC. The number of ether oxygens (including phenoxy) is 3. The zero-order valence-electron chi connectivity index (χ0n) is 12.1. The van der Waals surface area contributed by atoms with Crippen molar-refractivity contribution in [2.75, 3.05) is 46.1 Å². The van der Waals surface area contributed by atoms with Gasteiger partial charge in [-0.15, -0.1) is 0 Å². The Bertz CT molecular complexity index is 201. The highest BCUT2D eigenvalue weighted by molar-refractivity contribution is 5.75. The molecule has 108 valence electrons. The number of carbonyl (C=O) groups is 1. The van der Waals surface area contributed by atoms with Crippen molar-refractivity contribution in [1.29, 1.82) is 0 Å². The van der Waals surface area contributed by atoms with E-state index in [2.05, 4.69) is 0 Å². The fourth-order valence-corrected chi connectivity index (χ4v) is 1.56. The first kappa shape index (κ1) is 17.4. The number of nitrogens with zero attached hydrogens (tertiary/aromatic N) is 1. The molecule has 18 heavy (non-hydrogen) atoms. The Hall–Kier alpha value is -0.650. The summed E-state index contributed by atoms with van der Waals surface area (Å²) in [7, 11) is 0. The Balaban J connectivity index is 4.19. The summed E-state index contributed by atoms with van der Waals surface area (Å²) in [6.07, 6.45) is 0. The van der Waals surface area contributed by atoms with Gasteiger partial charge in [0.25, 0.3) is 0 Å². The van der Waals surface area contributed by atoms with Crippen LogP contribution in [0.1, 0.15) is 27.7 Å². The first-order valence-corrected chi connectivity index (χ1v) is 6.73. The van der Waals surface area contributed by atoms with Crippen molar-refractivity contribution < 1.29 is 19.0 Å². The molecule has 0 rings (SSSR count). The molecule has 0 aliphatic carbocycles. The zero-order valence-corrected chi connectivity index (χ0v) is 12.1. The van der Waals surface area contributed by atoms with E-state index in [9.17, 15) is 4.79 Å². The Morgan fingerprint density at radius 3 is 1.89 bits per heavy atom. The fraction of sp³-hybridized carbons (Fsp3) is 0.923. The second-order valence-corrected chi connectivity index (χ2v) is 3.86. The van der Waals surface area contributed by atoms with Crippen LogP contribution in [0.25, 0.3) is 0 Å². The van der Waals surface area contributed by atoms with Crippen molar-refractivity contribution >= 4 is 5.97 Å². The van der Waals surface area contributed by atoms with Crippen LogP contribution in [0, 0.1) is 0 Å². The lowest BCUT2D eigenvalue weighted by atomic mass is 10.3. The van der Waals surface area contributed by atoms with Gasteiger partial charge in [-0.05, 0) is 27.7 Å². The molecule has 1 atom stereocenters. The van der Waals surface area contributed by atoms with E-state index in [0.29, 0.717) is 46.1 Å². The average Bonchev–Trinajstić information content (AvgIpc) is 2.37. The Morgan fingerprint density at radius 1 is 1.00 bits per heavy atom. The number of esters is 1. The van der Waals surface area contributed by atoms with Crippen LogP contribution >= 0.6 is 0 Å². The minimum Gasteiger partial charge on any atom is -0.465 e. The molecular formula is C13H27NO4. The van der Waals surface area contributed by atoms with Crippen LogP contribution in [-0.4, -0.2) is 63.0 Å². The lowest BCUT2D eigenvalue weighted by Gasteiger charge is -2.27. The van der Waals surface area contributed by atoms with Crippen molar-refractivity contribution in [2.24, 2.45) is 0 Å². The molecule has 0 saturated heterocycles. The highest BCUT2D eigenvalue weighted by Crippen LogP contribution is 2.02. The maximum atomic E-state index is 11.7. The van der Waals surface area contributed by atoms with Crippen LogP contribution in [0.5, 0.6) is 0 Å². The predicted octanol–water partition coefficient (Wildman–Crippen LogP) is 1.31. The summed E-state index contributed by atoms with van der Waals surface area (Å²) >= 11 is 0. The molecule has 0 amide bonds. The van der Waals surface area contributed by atoms with Gasteiger partial charge in [0.1, 0.15) is 6.04 Å². The molecule has 0 fully saturated rings. The Morgan fingerprint density at radius 2 is 1.50 bits per heavy atom. The molecule has 0 bridgehead atoms. The number of rotatable bonds is 11. The van der Waals surface area contributed by atoms with Gasteiger partial charge in [0.15, 0.2) is 0 Å². The quantitative estimate of drug-likeness (QED) is 0.414. The molecule has 0 aromatic heterocycles. The minimum absolute atomic E-state index is 0.189. The summed E-state index contributed by atoms with van der Waals surface area (Å²) in [5.74, 6) is -0.189. The number of carbonyl (C=O) groups excluding carboxylic acids is 1. The molecule has 0 aromatic carbocycles. The molecule has 0 radical (unpaired) electrons. The van der Waals surface area contributed by atoms with Crippen LogP contribution in [0.4, 0.5) is 0 Å². The fourth-order valence-electron chi connectivity index (χ4n) is 1.56. The maximum Gasteiger partial charge on any atom is 0.323 e. The monoisotopic (exact) mass is 261 g/mol. The molecule has 0 aromatic rings. The molecule has 0 heterocycles. The number of hydrogen-bond acceptors (Lipinski definition) is 5. The molecule has 0 spiro atoms. The summed E-state index contributed by atoms with van der Waals surface area (Å²) in [6, 6.07) is -0.258.